The lowest BCUT2D eigenvalue weighted by molar-refractivity contribution is 0.100. The topological polar surface area (TPSA) is 56.0 Å². The number of carbonyl (C=O) groups is 1. The summed E-state index contributed by atoms with van der Waals surface area (Å²) in [6.07, 6.45) is 4.95. The minimum Gasteiger partial charge on any atom is -0.365 e. The van der Waals surface area contributed by atoms with E-state index in [1.54, 1.807) is 11.3 Å². The summed E-state index contributed by atoms with van der Waals surface area (Å²) in [5.41, 5.74) is 9.22. The van der Waals surface area contributed by atoms with Crippen molar-refractivity contribution in [2.75, 3.05) is 5.75 Å². The Morgan fingerprint density at radius 2 is 2.37 bits per heavy atom. The third kappa shape index (κ3) is 2.22. The third-order valence-electron chi connectivity index (χ3n) is 3.15. The molecule has 0 spiro atoms. The lowest BCUT2D eigenvalue weighted by atomic mass is 9.93. The normalized spacial score (nSPS) is 13.1. The molecule has 0 bridgehead atoms. The Kier molecular flexibility index (Phi) is 3.64. The SMILES string of the molecule is CCCSc1sc(C(N)=O)c2c1-c1sncc1CC2. The highest BCUT2D eigenvalue weighted by molar-refractivity contribution is 8.01. The van der Waals surface area contributed by atoms with Gasteiger partial charge in [0.2, 0.25) is 0 Å². The van der Waals surface area contributed by atoms with Crippen LogP contribution in [0.4, 0.5) is 0 Å². The molecular formula is C13H14N2OS3. The van der Waals surface area contributed by atoms with Gasteiger partial charge < -0.3 is 5.73 Å². The molecule has 0 saturated carbocycles. The van der Waals surface area contributed by atoms with Gasteiger partial charge in [0, 0.05) is 11.8 Å². The molecule has 1 amide bonds. The fourth-order valence-corrected chi connectivity index (χ4v) is 5.75. The van der Waals surface area contributed by atoms with Crippen molar-refractivity contribution in [3.63, 3.8) is 0 Å². The molecule has 0 radical (unpaired) electrons. The van der Waals surface area contributed by atoms with Crippen molar-refractivity contribution in [2.45, 2.75) is 30.4 Å². The number of aromatic nitrogens is 1. The van der Waals surface area contributed by atoms with E-state index in [1.165, 1.54) is 31.7 Å². The minimum absolute atomic E-state index is 0.294. The van der Waals surface area contributed by atoms with Crippen LogP contribution in [0.2, 0.25) is 0 Å². The number of primary amides is 1. The van der Waals surface area contributed by atoms with Crippen molar-refractivity contribution < 1.29 is 4.79 Å². The summed E-state index contributed by atoms with van der Waals surface area (Å²) in [4.78, 5) is 13.6. The molecule has 0 saturated heterocycles. The smallest absolute Gasteiger partial charge is 0.259 e. The van der Waals surface area contributed by atoms with Crippen molar-refractivity contribution in [1.82, 2.24) is 4.37 Å². The first-order valence-corrected chi connectivity index (χ1v) is 8.82. The van der Waals surface area contributed by atoms with E-state index in [9.17, 15) is 4.79 Å². The van der Waals surface area contributed by atoms with Crippen LogP contribution >= 0.6 is 34.6 Å². The first-order chi connectivity index (χ1) is 9.22. The molecule has 6 heteroatoms. The van der Waals surface area contributed by atoms with Gasteiger partial charge in [0.1, 0.15) is 0 Å². The second-order valence-corrected chi connectivity index (χ2v) is 7.65. The minimum atomic E-state index is -0.294. The molecule has 100 valence electrons. The van der Waals surface area contributed by atoms with Gasteiger partial charge >= 0.3 is 0 Å². The predicted octanol–water partition coefficient (Wildman–Crippen LogP) is 3.57. The van der Waals surface area contributed by atoms with Gasteiger partial charge in [0.25, 0.3) is 5.91 Å². The molecule has 3 nitrogen and oxygen atoms in total. The second kappa shape index (κ2) is 5.26. The molecule has 0 aromatic carbocycles. The number of amides is 1. The number of thioether (sulfide) groups is 1. The van der Waals surface area contributed by atoms with Crippen LogP contribution in [-0.4, -0.2) is 16.0 Å². The quantitative estimate of drug-likeness (QED) is 0.878. The Balaban J connectivity index is 2.15. The van der Waals surface area contributed by atoms with Crippen LogP contribution in [0.5, 0.6) is 0 Å². The molecule has 0 atom stereocenters. The summed E-state index contributed by atoms with van der Waals surface area (Å²) in [7, 11) is 0. The maximum atomic E-state index is 11.6. The Labute approximate surface area is 124 Å². The van der Waals surface area contributed by atoms with E-state index in [0.29, 0.717) is 0 Å². The van der Waals surface area contributed by atoms with Crippen molar-refractivity contribution >= 4 is 40.5 Å². The van der Waals surface area contributed by atoms with Crippen LogP contribution in [-0.2, 0) is 12.8 Å². The van der Waals surface area contributed by atoms with E-state index >= 15 is 0 Å². The molecule has 2 aromatic rings. The summed E-state index contributed by atoms with van der Waals surface area (Å²) >= 11 is 4.92. The van der Waals surface area contributed by atoms with E-state index < -0.39 is 0 Å². The zero-order valence-corrected chi connectivity index (χ0v) is 13.0. The Morgan fingerprint density at radius 1 is 1.53 bits per heavy atom. The van der Waals surface area contributed by atoms with E-state index in [4.69, 9.17) is 5.73 Å². The van der Waals surface area contributed by atoms with Crippen LogP contribution < -0.4 is 5.73 Å². The number of nitrogens with two attached hydrogens (primary N) is 1. The van der Waals surface area contributed by atoms with Crippen LogP contribution in [0.1, 0.15) is 34.1 Å². The molecule has 0 unspecified atom stereocenters. The number of carbonyl (C=O) groups excluding carboxylic acids is 1. The maximum Gasteiger partial charge on any atom is 0.259 e. The number of aryl methyl sites for hydroxylation is 1. The van der Waals surface area contributed by atoms with Crippen LogP contribution in [0.3, 0.4) is 0 Å². The lowest BCUT2D eigenvalue weighted by Crippen LogP contribution is -2.12. The first kappa shape index (κ1) is 13.1. The molecule has 1 aliphatic carbocycles. The molecule has 0 aliphatic heterocycles. The number of rotatable bonds is 4. The average Bonchev–Trinajstić information content (AvgIpc) is 2.99. The van der Waals surface area contributed by atoms with Gasteiger partial charge in [-0.05, 0) is 47.7 Å². The van der Waals surface area contributed by atoms with E-state index in [0.717, 1.165) is 35.5 Å². The van der Waals surface area contributed by atoms with Crippen molar-refractivity contribution in [3.8, 4) is 10.4 Å². The third-order valence-corrected chi connectivity index (χ3v) is 6.73. The van der Waals surface area contributed by atoms with Crippen molar-refractivity contribution in [3.05, 3.63) is 22.2 Å². The van der Waals surface area contributed by atoms with Gasteiger partial charge in [-0.1, -0.05) is 6.92 Å². The summed E-state index contributed by atoms with van der Waals surface area (Å²) in [6, 6.07) is 0. The molecule has 2 heterocycles. The Bertz CT molecular complexity index is 630. The largest absolute Gasteiger partial charge is 0.365 e. The van der Waals surface area contributed by atoms with Crippen LogP contribution in [0, 0.1) is 0 Å². The van der Waals surface area contributed by atoms with Gasteiger partial charge in [-0.3, -0.25) is 4.79 Å². The van der Waals surface area contributed by atoms with Gasteiger partial charge in [-0.2, -0.15) is 0 Å². The summed E-state index contributed by atoms with van der Waals surface area (Å²) in [6.45, 7) is 2.17. The number of hydrogen-bond acceptors (Lipinski definition) is 5. The fourth-order valence-electron chi connectivity index (χ4n) is 2.31. The van der Waals surface area contributed by atoms with Crippen molar-refractivity contribution in [1.29, 1.82) is 0 Å². The Hall–Kier alpha value is -0.850. The second-order valence-electron chi connectivity index (χ2n) is 4.47. The molecule has 0 fully saturated rings. The summed E-state index contributed by atoms with van der Waals surface area (Å²) in [5.74, 6) is 0.775. The first-order valence-electron chi connectivity index (χ1n) is 6.24. The standard InChI is InChI=1S/C13H14N2OS3/c1-2-5-17-13-9-8(11(18-13)12(14)16)4-3-7-6-15-19-10(7)9/h6H,2-5H2,1H3,(H2,14,16). The van der Waals surface area contributed by atoms with Crippen molar-refractivity contribution in [2.24, 2.45) is 5.73 Å². The van der Waals surface area contributed by atoms with E-state index in [2.05, 4.69) is 11.3 Å². The van der Waals surface area contributed by atoms with Gasteiger partial charge in [-0.15, -0.1) is 23.1 Å². The van der Waals surface area contributed by atoms with E-state index in [-0.39, 0.29) is 5.91 Å². The molecular weight excluding hydrogens is 296 g/mol. The highest BCUT2D eigenvalue weighted by Gasteiger charge is 2.28. The predicted molar refractivity (Wildman–Crippen MR) is 82.4 cm³/mol. The molecule has 2 N–H and O–H groups in total. The average molecular weight is 310 g/mol. The molecule has 1 aliphatic rings. The fraction of sp³-hybridized carbons (Fsp3) is 0.385. The molecule has 19 heavy (non-hydrogen) atoms. The molecule has 3 rings (SSSR count). The number of hydrogen-bond donors (Lipinski definition) is 1. The summed E-state index contributed by atoms with van der Waals surface area (Å²) < 4.78 is 5.53. The van der Waals surface area contributed by atoms with Gasteiger partial charge in [0.15, 0.2) is 0 Å². The van der Waals surface area contributed by atoms with E-state index in [1.807, 2.05) is 18.0 Å². The monoisotopic (exact) mass is 310 g/mol. The lowest BCUT2D eigenvalue weighted by Gasteiger charge is -2.13. The highest BCUT2D eigenvalue weighted by atomic mass is 32.2. The highest BCUT2D eigenvalue weighted by Crippen LogP contribution is 2.48. The maximum absolute atomic E-state index is 11.6. The van der Waals surface area contributed by atoms with Gasteiger partial charge in [0.05, 0.1) is 14.0 Å². The zero-order chi connectivity index (χ0) is 13.4. The number of fused-ring (bicyclic) bond motifs is 3. The van der Waals surface area contributed by atoms with Crippen LogP contribution in [0.25, 0.3) is 10.4 Å². The molecule has 2 aromatic heterocycles. The number of thiophene rings is 1. The zero-order valence-electron chi connectivity index (χ0n) is 10.6. The van der Waals surface area contributed by atoms with Gasteiger partial charge in [-0.25, -0.2) is 4.37 Å². The summed E-state index contributed by atoms with van der Waals surface area (Å²) in [5, 5.41) is 0. The number of nitrogens with zero attached hydrogens (tertiary/aromatic N) is 1. The van der Waals surface area contributed by atoms with Crippen LogP contribution in [0.15, 0.2) is 10.4 Å². The Morgan fingerprint density at radius 3 is 3.11 bits per heavy atom.